The first-order valence-electron chi connectivity index (χ1n) is 12.8. The van der Waals surface area contributed by atoms with E-state index in [2.05, 4.69) is 5.32 Å². The number of aromatic nitrogens is 2. The second kappa shape index (κ2) is 11.8. The van der Waals surface area contributed by atoms with Crippen molar-refractivity contribution in [2.45, 2.75) is 52.1 Å². The van der Waals surface area contributed by atoms with Crippen molar-refractivity contribution >= 4 is 40.2 Å². The minimum absolute atomic E-state index is 0.108. The van der Waals surface area contributed by atoms with E-state index in [4.69, 9.17) is 26.7 Å². The fourth-order valence-electron chi connectivity index (χ4n) is 4.91. The number of imidazole rings is 1. The summed E-state index contributed by atoms with van der Waals surface area (Å²) >= 11 is 5.77. The van der Waals surface area contributed by atoms with E-state index in [9.17, 15) is 9.59 Å². The lowest BCUT2D eigenvalue weighted by Crippen LogP contribution is -2.32. The Balaban J connectivity index is 1.65. The summed E-state index contributed by atoms with van der Waals surface area (Å²) in [6.45, 7) is 5.51. The first kappa shape index (κ1) is 26.7. The van der Waals surface area contributed by atoms with Gasteiger partial charge in [-0.15, -0.1) is 11.6 Å². The molecule has 37 heavy (non-hydrogen) atoms. The number of benzene rings is 2. The molecule has 0 radical (unpaired) electrons. The van der Waals surface area contributed by atoms with Gasteiger partial charge in [0.05, 0.1) is 35.2 Å². The second-order valence-electron chi connectivity index (χ2n) is 9.25. The molecule has 1 aliphatic rings. The highest BCUT2D eigenvalue weighted by molar-refractivity contribution is 6.28. The van der Waals surface area contributed by atoms with Crippen LogP contribution in [0.1, 0.15) is 77.7 Å². The van der Waals surface area contributed by atoms with Crippen LogP contribution < -0.4 is 10.1 Å². The number of hydrogen-bond acceptors (Lipinski definition) is 5. The molecule has 0 fully saturated rings. The zero-order chi connectivity index (χ0) is 26.5. The van der Waals surface area contributed by atoms with Gasteiger partial charge in [-0.25, -0.2) is 4.98 Å². The van der Waals surface area contributed by atoms with Crippen molar-refractivity contribution in [1.29, 1.82) is 5.41 Å². The quantitative estimate of drug-likeness (QED) is 0.193. The molecule has 0 bridgehead atoms. The van der Waals surface area contributed by atoms with Crippen LogP contribution in [0.25, 0.3) is 11.0 Å². The van der Waals surface area contributed by atoms with E-state index >= 15 is 0 Å². The lowest BCUT2D eigenvalue weighted by Gasteiger charge is -2.20. The molecule has 0 spiro atoms. The molecule has 9 heteroatoms. The molecule has 0 aliphatic carbocycles. The van der Waals surface area contributed by atoms with Crippen molar-refractivity contribution in [2.75, 3.05) is 19.0 Å². The monoisotopic (exact) mass is 523 g/mol. The van der Waals surface area contributed by atoms with Crippen molar-refractivity contribution in [3.8, 4) is 5.75 Å². The summed E-state index contributed by atoms with van der Waals surface area (Å²) < 4.78 is 7.79. The van der Waals surface area contributed by atoms with Gasteiger partial charge in [0.2, 0.25) is 0 Å². The molecule has 0 unspecified atom stereocenters. The normalized spacial score (nSPS) is 13.6. The van der Waals surface area contributed by atoms with Gasteiger partial charge in [0.25, 0.3) is 11.8 Å². The predicted octanol–water partition coefficient (Wildman–Crippen LogP) is 5.24. The highest BCUT2D eigenvalue weighted by Gasteiger charge is 2.32. The molecular weight excluding hydrogens is 490 g/mol. The van der Waals surface area contributed by atoms with Gasteiger partial charge in [0, 0.05) is 25.8 Å². The Hall–Kier alpha value is -3.39. The molecule has 1 aromatic heterocycles. The average Bonchev–Trinajstić information content (AvgIpc) is 3.42. The Morgan fingerprint density at radius 3 is 2.73 bits per heavy atom. The molecule has 1 atom stereocenters. The van der Waals surface area contributed by atoms with Crippen LogP contribution in [0.5, 0.6) is 5.75 Å². The van der Waals surface area contributed by atoms with Crippen molar-refractivity contribution in [2.24, 2.45) is 7.05 Å². The topological polar surface area (TPSA) is 100 Å². The maximum absolute atomic E-state index is 13.6. The first-order valence-corrected chi connectivity index (χ1v) is 13.3. The molecule has 2 N–H and O–H groups in total. The summed E-state index contributed by atoms with van der Waals surface area (Å²) in [5, 5.41) is 11.0. The number of nitrogens with zero attached hydrogens (tertiary/aromatic N) is 3. The van der Waals surface area contributed by atoms with Gasteiger partial charge in [0.1, 0.15) is 17.1 Å². The van der Waals surface area contributed by atoms with E-state index in [0.29, 0.717) is 55.1 Å². The molecular formula is C28H34ClN5O3. The largest absolute Gasteiger partial charge is 0.492 e. The maximum Gasteiger partial charge on any atom is 0.255 e. The summed E-state index contributed by atoms with van der Waals surface area (Å²) in [6, 6.07) is 10.9. The number of amides is 2. The van der Waals surface area contributed by atoms with Gasteiger partial charge in [-0.1, -0.05) is 24.6 Å². The summed E-state index contributed by atoms with van der Waals surface area (Å²) in [5.74, 6) is 1.25. The molecule has 1 aliphatic heterocycles. The van der Waals surface area contributed by atoms with Crippen LogP contribution in [0, 0.1) is 5.41 Å². The van der Waals surface area contributed by atoms with Gasteiger partial charge >= 0.3 is 0 Å². The van der Waals surface area contributed by atoms with Crippen molar-refractivity contribution in [3.05, 3.63) is 58.9 Å². The Bertz CT molecular complexity index is 1320. The second-order valence-corrected chi connectivity index (χ2v) is 9.52. The van der Waals surface area contributed by atoms with Gasteiger partial charge in [0.15, 0.2) is 0 Å². The van der Waals surface area contributed by atoms with E-state index in [-0.39, 0.29) is 23.7 Å². The standard InChI is InChI=1S/C28H34ClN5O3/c1-4-34-17-18-10-8-12-20(24(18)28(34)36)27(35)31-21(13-7-6-11-19(30)16-29)26-32-25-22(33(26)3)14-9-15-23(25)37-5-2/h8-10,12,14-15,21,30H,4-7,11,13,16-17H2,1-3H3,(H,31,35)/t21-/m0/s1. The molecule has 8 nitrogen and oxygen atoms in total. The summed E-state index contributed by atoms with van der Waals surface area (Å²) in [5.41, 5.74) is 3.92. The lowest BCUT2D eigenvalue weighted by atomic mass is 10.0. The van der Waals surface area contributed by atoms with Crippen molar-refractivity contribution in [3.63, 3.8) is 0 Å². The molecule has 0 saturated heterocycles. The number of aryl methyl sites for hydroxylation is 1. The Kier molecular flexibility index (Phi) is 8.48. The van der Waals surface area contributed by atoms with Crippen LogP contribution in [-0.4, -0.2) is 51.0 Å². The van der Waals surface area contributed by atoms with E-state index in [1.54, 1.807) is 11.0 Å². The SMILES string of the molecule is CCOc1cccc2c1nc([C@H](CCCCC(=N)CCl)NC(=O)c1cccc3c1C(=O)N(CC)C3)n2C. The number of carbonyl (C=O) groups excluding carboxylic acids is 2. The zero-order valence-electron chi connectivity index (χ0n) is 21.6. The number of fused-ring (bicyclic) bond motifs is 2. The third-order valence-electron chi connectivity index (χ3n) is 6.85. The number of rotatable bonds is 12. The van der Waals surface area contributed by atoms with Crippen LogP contribution in [0.15, 0.2) is 36.4 Å². The number of nitrogens with one attached hydrogen (secondary N) is 2. The van der Waals surface area contributed by atoms with Crippen LogP contribution in [0.2, 0.25) is 0 Å². The smallest absolute Gasteiger partial charge is 0.255 e. The maximum atomic E-state index is 13.6. The van der Waals surface area contributed by atoms with E-state index in [1.807, 2.05) is 55.8 Å². The first-order chi connectivity index (χ1) is 17.9. The lowest BCUT2D eigenvalue weighted by molar-refractivity contribution is 0.0780. The molecule has 4 rings (SSSR count). The third-order valence-corrected chi connectivity index (χ3v) is 7.17. The van der Waals surface area contributed by atoms with Crippen LogP contribution >= 0.6 is 11.6 Å². The highest BCUT2D eigenvalue weighted by Crippen LogP contribution is 2.31. The van der Waals surface area contributed by atoms with Crippen molar-refractivity contribution < 1.29 is 14.3 Å². The highest BCUT2D eigenvalue weighted by atomic mass is 35.5. The Labute approximate surface area is 222 Å². The summed E-state index contributed by atoms with van der Waals surface area (Å²) in [6.07, 6.45) is 2.82. The van der Waals surface area contributed by atoms with Gasteiger partial charge < -0.3 is 24.9 Å². The molecule has 196 valence electrons. The molecule has 3 aromatic rings. The fourth-order valence-corrected chi connectivity index (χ4v) is 5.04. The van der Waals surface area contributed by atoms with Gasteiger partial charge in [-0.05, 0) is 56.9 Å². The summed E-state index contributed by atoms with van der Waals surface area (Å²) in [7, 11) is 1.94. The number of halogens is 1. The molecule has 2 heterocycles. The van der Waals surface area contributed by atoms with Crippen LogP contribution in [0.3, 0.4) is 0 Å². The molecule has 2 aromatic carbocycles. The minimum Gasteiger partial charge on any atom is -0.492 e. The van der Waals surface area contributed by atoms with Crippen molar-refractivity contribution in [1.82, 2.24) is 19.8 Å². The van der Waals surface area contributed by atoms with Crippen LogP contribution in [0.4, 0.5) is 0 Å². The Morgan fingerprint density at radius 1 is 1.22 bits per heavy atom. The third kappa shape index (κ3) is 5.49. The minimum atomic E-state index is -0.390. The average molecular weight is 524 g/mol. The van der Waals surface area contributed by atoms with E-state index in [0.717, 1.165) is 35.3 Å². The summed E-state index contributed by atoms with van der Waals surface area (Å²) in [4.78, 5) is 33.2. The number of para-hydroxylation sites is 1. The number of carbonyl (C=O) groups is 2. The fraction of sp³-hybridized carbons (Fsp3) is 0.429. The van der Waals surface area contributed by atoms with E-state index < -0.39 is 0 Å². The van der Waals surface area contributed by atoms with Gasteiger partial charge in [-0.3, -0.25) is 9.59 Å². The number of unbranched alkanes of at least 4 members (excludes halogenated alkanes) is 1. The van der Waals surface area contributed by atoms with Gasteiger partial charge in [-0.2, -0.15) is 0 Å². The number of ether oxygens (including phenoxy) is 1. The molecule has 0 saturated carbocycles. The van der Waals surface area contributed by atoms with Crippen LogP contribution in [-0.2, 0) is 13.6 Å². The van der Waals surface area contributed by atoms with E-state index in [1.165, 1.54) is 0 Å². The molecule has 2 amide bonds. The number of alkyl halides is 1. The zero-order valence-corrected chi connectivity index (χ0v) is 22.4. The number of hydrogen-bond donors (Lipinski definition) is 2. The Morgan fingerprint density at radius 2 is 2.00 bits per heavy atom. The predicted molar refractivity (Wildman–Crippen MR) is 146 cm³/mol.